The van der Waals surface area contributed by atoms with Gasteiger partial charge in [0.1, 0.15) is 23.5 Å². The quantitative estimate of drug-likeness (QED) is 0.342. The Bertz CT molecular complexity index is 1330. The first-order valence-electron chi connectivity index (χ1n) is 13.5. The van der Waals surface area contributed by atoms with Gasteiger partial charge < -0.3 is 15.2 Å². The molecule has 0 spiro atoms. The maximum atomic E-state index is 13.6. The number of fused-ring (bicyclic) bond motifs is 1. The number of urea groups is 1. The predicted molar refractivity (Wildman–Crippen MR) is 146 cm³/mol. The highest BCUT2D eigenvalue weighted by molar-refractivity contribution is 6.03. The second kappa shape index (κ2) is 11.4. The molecule has 0 radical (unpaired) electrons. The number of carbonyl (C=O) groups excluding carboxylic acids is 1. The number of nitrogens with one attached hydrogen (secondary N) is 1. The molecule has 1 atom stereocenters. The Morgan fingerprint density at radius 1 is 0.949 bits per heavy atom. The van der Waals surface area contributed by atoms with E-state index >= 15 is 0 Å². The van der Waals surface area contributed by atoms with Crippen molar-refractivity contribution in [3.05, 3.63) is 77.9 Å². The molecule has 39 heavy (non-hydrogen) atoms. The van der Waals surface area contributed by atoms with E-state index in [1.165, 1.54) is 5.56 Å². The molecule has 1 aliphatic heterocycles. The summed E-state index contributed by atoms with van der Waals surface area (Å²) in [6.45, 7) is 2.29. The summed E-state index contributed by atoms with van der Waals surface area (Å²) < 4.78 is 33.4. The molecule has 3 aromatic rings. The Hall–Kier alpha value is -3.94. The molecule has 1 fully saturated rings. The average molecular weight is 535 g/mol. The van der Waals surface area contributed by atoms with E-state index in [-0.39, 0.29) is 24.1 Å². The summed E-state index contributed by atoms with van der Waals surface area (Å²) >= 11 is 0. The van der Waals surface area contributed by atoms with Gasteiger partial charge in [-0.2, -0.15) is 0 Å². The van der Waals surface area contributed by atoms with Gasteiger partial charge in [0.25, 0.3) is 0 Å². The smallest absolute Gasteiger partial charge is 0.326 e. The SMILES string of the molecule is CCC1CN(C(=O)Nc2cc(F)cc(F)c2)c2ccc(-c3ccc([C@H]4CC[C@H](CC(=O)O)CC4)cc3)cc2O1. The summed E-state index contributed by atoms with van der Waals surface area (Å²) in [5.41, 5.74) is 3.88. The van der Waals surface area contributed by atoms with Gasteiger partial charge in [-0.15, -0.1) is 0 Å². The largest absolute Gasteiger partial charge is 0.486 e. The van der Waals surface area contributed by atoms with Crippen molar-refractivity contribution in [2.45, 2.75) is 57.5 Å². The number of ether oxygens (including phenoxy) is 1. The molecule has 5 rings (SSSR count). The Labute approximate surface area is 226 Å². The zero-order chi connectivity index (χ0) is 27.5. The van der Waals surface area contributed by atoms with Crippen LogP contribution in [0.2, 0.25) is 0 Å². The topological polar surface area (TPSA) is 78.9 Å². The molecule has 0 aromatic heterocycles. The van der Waals surface area contributed by atoms with E-state index in [0.717, 1.165) is 55.0 Å². The molecule has 204 valence electrons. The lowest BCUT2D eigenvalue weighted by molar-refractivity contribution is -0.138. The van der Waals surface area contributed by atoms with Crippen molar-refractivity contribution in [2.75, 3.05) is 16.8 Å². The zero-order valence-electron chi connectivity index (χ0n) is 21.8. The Morgan fingerprint density at radius 3 is 2.26 bits per heavy atom. The lowest BCUT2D eigenvalue weighted by atomic mass is 9.77. The van der Waals surface area contributed by atoms with Gasteiger partial charge in [0.2, 0.25) is 0 Å². The van der Waals surface area contributed by atoms with Crippen molar-refractivity contribution in [3.63, 3.8) is 0 Å². The maximum absolute atomic E-state index is 13.6. The number of carboxylic acids is 1. The molecule has 1 heterocycles. The number of aliphatic carboxylic acids is 1. The number of nitrogens with zero attached hydrogens (tertiary/aromatic N) is 1. The first-order chi connectivity index (χ1) is 18.8. The highest BCUT2D eigenvalue weighted by Crippen LogP contribution is 2.40. The van der Waals surface area contributed by atoms with E-state index in [0.29, 0.717) is 30.3 Å². The fourth-order valence-electron chi connectivity index (χ4n) is 5.65. The molecule has 6 nitrogen and oxygen atoms in total. The van der Waals surface area contributed by atoms with Gasteiger partial charge in [-0.3, -0.25) is 9.69 Å². The van der Waals surface area contributed by atoms with E-state index in [9.17, 15) is 18.4 Å². The number of amides is 2. The zero-order valence-corrected chi connectivity index (χ0v) is 21.8. The van der Waals surface area contributed by atoms with E-state index in [1.54, 1.807) is 4.90 Å². The maximum Gasteiger partial charge on any atom is 0.326 e. The van der Waals surface area contributed by atoms with Gasteiger partial charge >= 0.3 is 12.0 Å². The van der Waals surface area contributed by atoms with Crippen LogP contribution in [0.1, 0.15) is 56.9 Å². The first-order valence-corrected chi connectivity index (χ1v) is 13.5. The molecule has 1 aliphatic carbocycles. The molecule has 2 aliphatic rings. The number of hydrogen-bond donors (Lipinski definition) is 2. The molecule has 0 saturated heterocycles. The Balaban J connectivity index is 1.32. The number of hydrogen-bond acceptors (Lipinski definition) is 3. The van der Waals surface area contributed by atoms with Gasteiger partial charge in [0.15, 0.2) is 0 Å². The van der Waals surface area contributed by atoms with Crippen molar-refractivity contribution in [1.29, 1.82) is 0 Å². The summed E-state index contributed by atoms with van der Waals surface area (Å²) in [5, 5.41) is 11.7. The van der Waals surface area contributed by atoms with Crippen LogP contribution in [0.3, 0.4) is 0 Å². The fraction of sp³-hybridized carbons (Fsp3) is 0.355. The van der Waals surface area contributed by atoms with Gasteiger partial charge in [-0.05, 0) is 84.9 Å². The Kier molecular flexibility index (Phi) is 7.82. The minimum Gasteiger partial charge on any atom is -0.486 e. The molecule has 1 saturated carbocycles. The number of halogens is 2. The molecule has 2 N–H and O–H groups in total. The molecular formula is C31H32F2N2O4. The van der Waals surface area contributed by atoms with Crippen LogP contribution in [0.4, 0.5) is 25.0 Å². The minimum atomic E-state index is -0.763. The third-order valence-corrected chi connectivity index (χ3v) is 7.77. The molecular weight excluding hydrogens is 502 g/mol. The highest BCUT2D eigenvalue weighted by Gasteiger charge is 2.30. The van der Waals surface area contributed by atoms with Crippen molar-refractivity contribution >= 4 is 23.4 Å². The van der Waals surface area contributed by atoms with Gasteiger partial charge in [-0.25, -0.2) is 13.6 Å². The summed E-state index contributed by atoms with van der Waals surface area (Å²) in [6, 6.07) is 16.6. The van der Waals surface area contributed by atoms with Gasteiger partial charge in [0, 0.05) is 18.2 Å². The van der Waals surface area contributed by atoms with Crippen LogP contribution in [-0.4, -0.2) is 29.8 Å². The standard InChI is InChI=1S/C31H32F2N2O4/c1-2-27-18-35(31(38)34-26-16-24(32)15-25(33)17-26)28-12-11-23(14-29(28)39-27)22-9-7-21(8-10-22)20-5-3-19(4-6-20)13-30(36)37/h7-12,14-17,19-20,27H,2-6,13,18H2,1H3,(H,34,38)(H,36,37)/t19-,20-,27?. The number of carbonyl (C=O) groups is 2. The summed E-state index contributed by atoms with van der Waals surface area (Å²) in [6.07, 6.45) is 4.61. The molecule has 3 aromatic carbocycles. The first kappa shape index (κ1) is 26.7. The van der Waals surface area contributed by atoms with Gasteiger partial charge in [0.05, 0.1) is 12.2 Å². The summed E-state index contributed by atoms with van der Waals surface area (Å²) in [5.74, 6) is -0.946. The number of carboxylic acid groups (broad SMARTS) is 1. The van der Waals surface area contributed by atoms with Crippen LogP contribution in [0.15, 0.2) is 60.7 Å². The van der Waals surface area contributed by atoms with Crippen LogP contribution in [-0.2, 0) is 4.79 Å². The van der Waals surface area contributed by atoms with Crippen LogP contribution < -0.4 is 15.0 Å². The van der Waals surface area contributed by atoms with E-state index in [1.807, 2.05) is 25.1 Å². The minimum absolute atomic E-state index is 0.0469. The molecule has 0 bridgehead atoms. The lowest BCUT2D eigenvalue weighted by Gasteiger charge is -2.35. The summed E-state index contributed by atoms with van der Waals surface area (Å²) in [4.78, 5) is 25.7. The molecule has 2 amide bonds. The third-order valence-electron chi connectivity index (χ3n) is 7.77. The average Bonchev–Trinajstić information content (AvgIpc) is 2.91. The number of benzene rings is 3. The monoisotopic (exact) mass is 534 g/mol. The lowest BCUT2D eigenvalue weighted by Crippen LogP contribution is -2.45. The number of anilines is 2. The van der Waals surface area contributed by atoms with E-state index < -0.39 is 23.6 Å². The second-order valence-electron chi connectivity index (χ2n) is 10.5. The van der Waals surface area contributed by atoms with E-state index in [4.69, 9.17) is 9.84 Å². The van der Waals surface area contributed by atoms with Crippen molar-refractivity contribution in [2.24, 2.45) is 5.92 Å². The van der Waals surface area contributed by atoms with Gasteiger partial charge in [-0.1, -0.05) is 37.3 Å². The molecule has 1 unspecified atom stereocenters. The van der Waals surface area contributed by atoms with Crippen LogP contribution >= 0.6 is 0 Å². The third kappa shape index (κ3) is 6.21. The van der Waals surface area contributed by atoms with Crippen molar-refractivity contribution in [1.82, 2.24) is 0 Å². The van der Waals surface area contributed by atoms with E-state index in [2.05, 4.69) is 29.6 Å². The fourth-order valence-corrected chi connectivity index (χ4v) is 5.65. The van der Waals surface area contributed by atoms with Crippen LogP contribution in [0.5, 0.6) is 5.75 Å². The number of rotatable bonds is 6. The normalized spacial score (nSPS) is 20.6. The second-order valence-corrected chi connectivity index (χ2v) is 10.5. The van der Waals surface area contributed by atoms with Crippen LogP contribution in [0.25, 0.3) is 11.1 Å². The molecule has 8 heteroatoms. The van der Waals surface area contributed by atoms with Crippen LogP contribution in [0, 0.1) is 17.6 Å². The highest BCUT2D eigenvalue weighted by atomic mass is 19.1. The Morgan fingerprint density at radius 2 is 1.62 bits per heavy atom. The van der Waals surface area contributed by atoms with Crippen molar-refractivity contribution in [3.8, 4) is 16.9 Å². The summed E-state index contributed by atoms with van der Waals surface area (Å²) in [7, 11) is 0. The predicted octanol–water partition coefficient (Wildman–Crippen LogP) is 7.59. The van der Waals surface area contributed by atoms with Crippen molar-refractivity contribution < 1.29 is 28.2 Å².